The van der Waals surface area contributed by atoms with Crippen molar-refractivity contribution in [2.24, 2.45) is 7.05 Å². The van der Waals surface area contributed by atoms with Crippen molar-refractivity contribution in [2.75, 3.05) is 5.32 Å². The molecule has 146 valence electrons. The van der Waals surface area contributed by atoms with Gasteiger partial charge in [0.15, 0.2) is 5.65 Å². The quantitative estimate of drug-likeness (QED) is 0.361. The zero-order chi connectivity index (χ0) is 20.2. The highest BCUT2D eigenvalue weighted by Crippen LogP contribution is 2.34. The second kappa shape index (κ2) is 8.67. The van der Waals surface area contributed by atoms with Gasteiger partial charge in [-0.3, -0.25) is 9.48 Å². The van der Waals surface area contributed by atoms with Gasteiger partial charge in [-0.2, -0.15) is 5.10 Å². The Morgan fingerprint density at radius 3 is 2.66 bits per heavy atom. The summed E-state index contributed by atoms with van der Waals surface area (Å²) in [5.41, 5.74) is 1.55. The minimum Gasteiger partial charge on any atom is -0.324 e. The van der Waals surface area contributed by atoms with E-state index in [2.05, 4.69) is 32.5 Å². The highest BCUT2D eigenvalue weighted by molar-refractivity contribution is 8.00. The Morgan fingerprint density at radius 2 is 1.83 bits per heavy atom. The van der Waals surface area contributed by atoms with E-state index in [1.807, 2.05) is 56.4 Å². The molecule has 4 rings (SSSR count). The summed E-state index contributed by atoms with van der Waals surface area (Å²) in [5, 5.41) is 8.55. The van der Waals surface area contributed by atoms with Crippen LogP contribution in [0.4, 0.5) is 5.69 Å². The Morgan fingerprint density at radius 1 is 1.07 bits per heavy atom. The zero-order valence-electron chi connectivity index (χ0n) is 15.9. The molecule has 2 aromatic carbocycles. The fourth-order valence-electron chi connectivity index (χ4n) is 2.76. The summed E-state index contributed by atoms with van der Waals surface area (Å²) in [6.07, 6.45) is 3.23. The molecule has 0 saturated carbocycles. The predicted molar refractivity (Wildman–Crippen MR) is 117 cm³/mol. The van der Waals surface area contributed by atoms with E-state index in [1.54, 1.807) is 22.6 Å². The third-order valence-electron chi connectivity index (χ3n) is 4.27. The molecule has 0 spiro atoms. The van der Waals surface area contributed by atoms with Gasteiger partial charge in [0.1, 0.15) is 11.4 Å². The van der Waals surface area contributed by atoms with Gasteiger partial charge < -0.3 is 5.32 Å². The first-order valence-electron chi connectivity index (χ1n) is 9.04. The predicted octanol–water partition coefficient (Wildman–Crippen LogP) is 4.63. The van der Waals surface area contributed by atoms with Crippen LogP contribution in [0.15, 0.2) is 81.9 Å². The molecule has 0 bridgehead atoms. The number of para-hydroxylation sites is 1. The van der Waals surface area contributed by atoms with Crippen molar-refractivity contribution in [3.8, 4) is 0 Å². The summed E-state index contributed by atoms with van der Waals surface area (Å²) in [7, 11) is 1.83. The molecule has 0 fully saturated rings. The standard InChI is InChI=1S/C21H19N5OS2/c1-14(28-21-16-12-24-26(2)19(16)22-13-23-21)20(27)25-17-10-6-7-11-18(17)29-15-8-4-3-5-9-15/h3-14H,1-2H3,(H,25,27)/t14-/m1/s1. The molecule has 0 aliphatic rings. The number of aromatic nitrogens is 4. The van der Waals surface area contributed by atoms with Crippen LogP contribution >= 0.6 is 23.5 Å². The van der Waals surface area contributed by atoms with E-state index in [-0.39, 0.29) is 11.2 Å². The first kappa shape index (κ1) is 19.5. The minimum absolute atomic E-state index is 0.0771. The number of hydrogen-bond donors (Lipinski definition) is 1. The lowest BCUT2D eigenvalue weighted by molar-refractivity contribution is -0.115. The third kappa shape index (κ3) is 4.44. The maximum atomic E-state index is 12.9. The van der Waals surface area contributed by atoms with E-state index in [0.717, 1.165) is 31.5 Å². The van der Waals surface area contributed by atoms with Gasteiger partial charge in [-0.1, -0.05) is 53.9 Å². The number of amides is 1. The normalized spacial score (nSPS) is 12.1. The zero-order valence-corrected chi connectivity index (χ0v) is 17.6. The van der Waals surface area contributed by atoms with Gasteiger partial charge in [-0.15, -0.1) is 0 Å². The lowest BCUT2D eigenvalue weighted by Gasteiger charge is -2.14. The molecule has 1 atom stereocenters. The molecular formula is C21H19N5OS2. The van der Waals surface area contributed by atoms with Crippen LogP contribution in [-0.2, 0) is 11.8 Å². The average molecular weight is 422 g/mol. The first-order chi connectivity index (χ1) is 14.1. The van der Waals surface area contributed by atoms with Crippen molar-refractivity contribution < 1.29 is 4.79 Å². The number of nitrogens with zero attached hydrogens (tertiary/aromatic N) is 4. The topological polar surface area (TPSA) is 72.7 Å². The van der Waals surface area contributed by atoms with Crippen molar-refractivity contribution in [1.29, 1.82) is 0 Å². The number of hydrogen-bond acceptors (Lipinski definition) is 6. The van der Waals surface area contributed by atoms with E-state index >= 15 is 0 Å². The van der Waals surface area contributed by atoms with Crippen LogP contribution < -0.4 is 5.32 Å². The molecule has 0 saturated heterocycles. The van der Waals surface area contributed by atoms with Gasteiger partial charge in [0.2, 0.25) is 5.91 Å². The molecule has 1 amide bonds. The SMILES string of the molecule is C[C@@H](Sc1ncnc2c1cnn2C)C(=O)Nc1ccccc1Sc1ccccc1. The fourth-order valence-corrected chi connectivity index (χ4v) is 4.57. The number of rotatable bonds is 6. The average Bonchev–Trinajstić information content (AvgIpc) is 3.12. The van der Waals surface area contributed by atoms with Gasteiger partial charge in [-0.05, 0) is 31.2 Å². The molecule has 0 unspecified atom stereocenters. The smallest absolute Gasteiger partial charge is 0.237 e. The Balaban J connectivity index is 1.49. The summed E-state index contributed by atoms with van der Waals surface area (Å²) in [6, 6.07) is 17.9. The molecule has 2 aromatic heterocycles. The van der Waals surface area contributed by atoms with Gasteiger partial charge >= 0.3 is 0 Å². The monoisotopic (exact) mass is 421 g/mol. The summed E-state index contributed by atoms with van der Waals surface area (Å²) in [5.74, 6) is -0.0771. The van der Waals surface area contributed by atoms with Crippen molar-refractivity contribution in [1.82, 2.24) is 19.7 Å². The summed E-state index contributed by atoms with van der Waals surface area (Å²) < 4.78 is 1.70. The number of aryl methyl sites for hydroxylation is 1. The van der Waals surface area contributed by atoms with Crippen LogP contribution in [-0.4, -0.2) is 30.9 Å². The first-order valence-corrected chi connectivity index (χ1v) is 10.7. The second-order valence-corrected chi connectivity index (χ2v) is 8.79. The number of anilines is 1. The summed E-state index contributed by atoms with van der Waals surface area (Å²) in [4.78, 5) is 23.6. The molecule has 6 nitrogen and oxygen atoms in total. The van der Waals surface area contributed by atoms with Crippen molar-refractivity contribution in [3.63, 3.8) is 0 Å². The Kier molecular flexibility index (Phi) is 5.82. The molecule has 2 heterocycles. The molecular weight excluding hydrogens is 402 g/mol. The Labute approximate surface area is 177 Å². The van der Waals surface area contributed by atoms with E-state index in [0.29, 0.717) is 0 Å². The van der Waals surface area contributed by atoms with Crippen LogP contribution in [0.1, 0.15) is 6.92 Å². The molecule has 1 N–H and O–H groups in total. The van der Waals surface area contributed by atoms with Crippen LogP contribution in [0.3, 0.4) is 0 Å². The number of nitrogens with one attached hydrogen (secondary N) is 1. The number of fused-ring (bicyclic) bond motifs is 1. The maximum Gasteiger partial charge on any atom is 0.237 e. The van der Waals surface area contributed by atoms with Crippen molar-refractivity contribution >= 4 is 46.2 Å². The van der Waals surface area contributed by atoms with Crippen molar-refractivity contribution in [2.45, 2.75) is 27.0 Å². The van der Waals surface area contributed by atoms with Gasteiger partial charge in [0, 0.05) is 16.8 Å². The third-order valence-corrected chi connectivity index (χ3v) is 6.47. The van der Waals surface area contributed by atoms with Crippen LogP contribution in [0.2, 0.25) is 0 Å². The maximum absolute atomic E-state index is 12.9. The van der Waals surface area contributed by atoms with Crippen LogP contribution in [0.25, 0.3) is 11.0 Å². The molecule has 0 aliphatic heterocycles. The molecule has 29 heavy (non-hydrogen) atoms. The second-order valence-electron chi connectivity index (χ2n) is 6.34. The number of thioether (sulfide) groups is 1. The molecule has 8 heteroatoms. The number of carbonyl (C=O) groups excluding carboxylic acids is 1. The highest BCUT2D eigenvalue weighted by Gasteiger charge is 2.19. The van der Waals surface area contributed by atoms with E-state index < -0.39 is 0 Å². The van der Waals surface area contributed by atoms with Gasteiger partial charge in [0.25, 0.3) is 0 Å². The molecule has 0 aliphatic carbocycles. The van der Waals surface area contributed by atoms with E-state index in [4.69, 9.17) is 0 Å². The van der Waals surface area contributed by atoms with Gasteiger partial charge in [0.05, 0.1) is 22.5 Å². The highest BCUT2D eigenvalue weighted by atomic mass is 32.2. The van der Waals surface area contributed by atoms with E-state index in [1.165, 1.54) is 18.1 Å². The molecule has 4 aromatic rings. The van der Waals surface area contributed by atoms with Crippen LogP contribution in [0, 0.1) is 0 Å². The molecule has 0 radical (unpaired) electrons. The Bertz CT molecular complexity index is 1150. The summed E-state index contributed by atoms with van der Waals surface area (Å²) in [6.45, 7) is 1.87. The van der Waals surface area contributed by atoms with E-state index in [9.17, 15) is 4.79 Å². The lowest BCUT2D eigenvalue weighted by Crippen LogP contribution is -2.22. The largest absolute Gasteiger partial charge is 0.324 e. The number of benzene rings is 2. The summed E-state index contributed by atoms with van der Waals surface area (Å²) >= 11 is 3.02. The van der Waals surface area contributed by atoms with Crippen LogP contribution in [0.5, 0.6) is 0 Å². The fraction of sp³-hybridized carbons (Fsp3) is 0.143. The minimum atomic E-state index is -0.330. The Hall–Kier alpha value is -2.84. The lowest BCUT2D eigenvalue weighted by atomic mass is 10.3. The number of carbonyl (C=O) groups is 1. The van der Waals surface area contributed by atoms with Crippen molar-refractivity contribution in [3.05, 3.63) is 67.1 Å². The van der Waals surface area contributed by atoms with Gasteiger partial charge in [-0.25, -0.2) is 9.97 Å².